The van der Waals surface area contributed by atoms with E-state index in [4.69, 9.17) is 27.4 Å². The van der Waals surface area contributed by atoms with Gasteiger partial charge in [0.05, 0.1) is 25.4 Å². The number of fused-ring (bicyclic) bond motifs is 1. The summed E-state index contributed by atoms with van der Waals surface area (Å²) in [5.41, 5.74) is 6.63. The van der Waals surface area contributed by atoms with Crippen LogP contribution in [0.1, 0.15) is 0 Å². The van der Waals surface area contributed by atoms with Crippen LogP contribution in [0.5, 0.6) is 5.88 Å². The fourth-order valence-electron chi connectivity index (χ4n) is 2.66. The third-order valence-electron chi connectivity index (χ3n) is 4.03. The Hall–Kier alpha value is -1.72. The average molecular weight is 412 g/mol. The van der Waals surface area contributed by atoms with Crippen molar-refractivity contribution < 1.29 is 14.6 Å². The van der Waals surface area contributed by atoms with Crippen LogP contribution >= 0.6 is 24.0 Å². The third-order valence-corrected chi connectivity index (χ3v) is 4.84. The summed E-state index contributed by atoms with van der Waals surface area (Å²) < 4.78 is 12.2. The van der Waals surface area contributed by atoms with E-state index >= 15 is 0 Å². The van der Waals surface area contributed by atoms with Crippen molar-refractivity contribution >= 4 is 45.7 Å². The molecule has 0 aliphatic heterocycles. The standard InChI is InChI=1S/C17H25N5O3S2/c1-24-8-6-21(7-9-25-2)11-22-14-5-4-12(27-3)10-13(14)15(16(22)23)19-20-17(18)26/h4-5,10,23H,6-9,11H2,1-3H3,(H2,18,26). The smallest absolute Gasteiger partial charge is 0.221 e. The van der Waals surface area contributed by atoms with Crippen molar-refractivity contribution in [3.8, 4) is 5.88 Å². The molecule has 0 atom stereocenters. The summed E-state index contributed by atoms with van der Waals surface area (Å²) in [7, 11) is 3.32. The molecule has 3 N–H and O–H groups in total. The van der Waals surface area contributed by atoms with E-state index in [0.717, 1.165) is 15.8 Å². The largest absolute Gasteiger partial charge is 0.493 e. The first-order valence-electron chi connectivity index (χ1n) is 8.32. The van der Waals surface area contributed by atoms with E-state index < -0.39 is 0 Å². The van der Waals surface area contributed by atoms with Gasteiger partial charge in [0.2, 0.25) is 11.0 Å². The fourth-order valence-corrected chi connectivity index (χ4v) is 3.15. The second-order valence-corrected chi connectivity index (χ2v) is 7.06. The molecule has 1 aromatic carbocycles. The lowest BCUT2D eigenvalue weighted by molar-refractivity contribution is 0.0951. The zero-order valence-electron chi connectivity index (χ0n) is 15.7. The molecular weight excluding hydrogens is 386 g/mol. The predicted molar refractivity (Wildman–Crippen MR) is 112 cm³/mol. The van der Waals surface area contributed by atoms with Crippen molar-refractivity contribution in [2.24, 2.45) is 16.0 Å². The summed E-state index contributed by atoms with van der Waals surface area (Å²) in [6.45, 7) is 3.01. The highest BCUT2D eigenvalue weighted by atomic mass is 32.2. The highest BCUT2D eigenvalue weighted by molar-refractivity contribution is 7.98. The van der Waals surface area contributed by atoms with Crippen molar-refractivity contribution in [2.75, 3.05) is 46.8 Å². The summed E-state index contributed by atoms with van der Waals surface area (Å²) in [5, 5.41) is 19.3. The number of benzene rings is 1. The molecule has 1 heterocycles. The van der Waals surface area contributed by atoms with E-state index in [-0.39, 0.29) is 11.0 Å². The summed E-state index contributed by atoms with van der Waals surface area (Å²) in [6.07, 6.45) is 1.99. The number of thiocarbonyl (C=S) groups is 1. The van der Waals surface area contributed by atoms with Crippen LogP contribution < -0.4 is 5.73 Å². The van der Waals surface area contributed by atoms with Gasteiger partial charge in [-0.25, -0.2) is 0 Å². The lowest BCUT2D eigenvalue weighted by Gasteiger charge is -2.23. The van der Waals surface area contributed by atoms with Gasteiger partial charge >= 0.3 is 0 Å². The molecule has 2 rings (SSSR count). The number of aromatic nitrogens is 1. The number of rotatable bonds is 10. The van der Waals surface area contributed by atoms with Gasteiger partial charge in [0, 0.05) is 37.6 Å². The zero-order chi connectivity index (χ0) is 19.8. The molecule has 0 radical (unpaired) electrons. The fraction of sp³-hybridized carbons (Fsp3) is 0.471. The maximum absolute atomic E-state index is 10.8. The Labute approximate surface area is 168 Å². The topological polar surface area (TPSA) is 97.6 Å². The molecular formula is C17H25N5O3S2. The number of azo groups is 1. The number of ether oxygens (including phenoxy) is 2. The number of nitrogens with two attached hydrogens (primary N) is 1. The molecule has 10 heteroatoms. The van der Waals surface area contributed by atoms with Crippen LogP contribution in [0, 0.1) is 0 Å². The van der Waals surface area contributed by atoms with Crippen molar-refractivity contribution in [3.63, 3.8) is 0 Å². The Kier molecular flexibility index (Phi) is 8.45. The number of hydrogen-bond donors (Lipinski definition) is 2. The van der Waals surface area contributed by atoms with Crippen molar-refractivity contribution in [1.29, 1.82) is 0 Å². The molecule has 0 aliphatic rings. The molecule has 0 saturated heterocycles. The van der Waals surface area contributed by atoms with Crippen LogP contribution in [0.2, 0.25) is 0 Å². The van der Waals surface area contributed by atoms with E-state index in [1.807, 2.05) is 24.5 Å². The van der Waals surface area contributed by atoms with Gasteiger partial charge in [-0.15, -0.1) is 22.0 Å². The molecule has 2 aromatic rings. The van der Waals surface area contributed by atoms with E-state index in [1.165, 1.54) is 0 Å². The zero-order valence-corrected chi connectivity index (χ0v) is 17.3. The lowest BCUT2D eigenvalue weighted by atomic mass is 10.2. The lowest BCUT2D eigenvalue weighted by Crippen LogP contribution is -2.32. The minimum atomic E-state index is -0.0851. The van der Waals surface area contributed by atoms with Crippen LogP contribution in [0.4, 0.5) is 5.69 Å². The summed E-state index contributed by atoms with van der Waals surface area (Å²) >= 11 is 6.38. The summed E-state index contributed by atoms with van der Waals surface area (Å²) in [6, 6.07) is 5.94. The second kappa shape index (κ2) is 10.6. The van der Waals surface area contributed by atoms with Gasteiger partial charge in [0.1, 0.15) is 0 Å². The molecule has 0 amide bonds. The third kappa shape index (κ3) is 5.63. The normalized spacial score (nSPS) is 11.9. The molecule has 0 spiro atoms. The van der Waals surface area contributed by atoms with Gasteiger partial charge in [-0.3, -0.25) is 9.47 Å². The first kappa shape index (κ1) is 21.6. The Bertz CT molecular complexity index is 801. The quantitative estimate of drug-likeness (QED) is 0.352. The summed E-state index contributed by atoms with van der Waals surface area (Å²) in [4.78, 5) is 3.19. The summed E-state index contributed by atoms with van der Waals surface area (Å²) in [5.74, 6) is 0.0167. The minimum Gasteiger partial charge on any atom is -0.493 e. The molecule has 27 heavy (non-hydrogen) atoms. The molecule has 0 aliphatic carbocycles. The van der Waals surface area contributed by atoms with Crippen LogP contribution in [0.15, 0.2) is 33.3 Å². The number of thioether (sulfide) groups is 1. The van der Waals surface area contributed by atoms with Gasteiger partial charge < -0.3 is 20.3 Å². The molecule has 8 nitrogen and oxygen atoms in total. The SMILES string of the molecule is COCCN(CCOC)Cn1c(O)c(N=NC(N)=S)c2cc(SC)ccc21. The predicted octanol–water partition coefficient (Wildman–Crippen LogP) is 2.95. The Morgan fingerprint density at radius 3 is 2.52 bits per heavy atom. The first-order chi connectivity index (χ1) is 13.0. The minimum absolute atomic E-state index is 0.0167. The van der Waals surface area contributed by atoms with Crippen LogP contribution in [-0.4, -0.2) is 66.5 Å². The molecule has 0 saturated carbocycles. The maximum atomic E-state index is 10.8. The van der Waals surface area contributed by atoms with Gasteiger partial charge in [-0.05, 0) is 36.7 Å². The van der Waals surface area contributed by atoms with Gasteiger partial charge in [0.25, 0.3) is 0 Å². The Morgan fingerprint density at radius 1 is 1.30 bits per heavy atom. The van der Waals surface area contributed by atoms with E-state index in [1.54, 1.807) is 30.5 Å². The van der Waals surface area contributed by atoms with Gasteiger partial charge in [-0.1, -0.05) is 0 Å². The van der Waals surface area contributed by atoms with Crippen molar-refractivity contribution in [2.45, 2.75) is 11.6 Å². The molecule has 0 bridgehead atoms. The molecule has 148 valence electrons. The average Bonchev–Trinajstić information content (AvgIpc) is 2.92. The van der Waals surface area contributed by atoms with Crippen molar-refractivity contribution in [1.82, 2.24) is 9.47 Å². The van der Waals surface area contributed by atoms with Crippen LogP contribution in [0.3, 0.4) is 0 Å². The molecule has 0 unspecified atom stereocenters. The van der Waals surface area contributed by atoms with E-state index in [2.05, 4.69) is 15.1 Å². The molecule has 0 fully saturated rings. The maximum Gasteiger partial charge on any atom is 0.221 e. The Morgan fingerprint density at radius 2 is 1.96 bits per heavy atom. The Balaban J connectivity index is 2.47. The van der Waals surface area contributed by atoms with Crippen molar-refractivity contribution in [3.05, 3.63) is 18.2 Å². The highest BCUT2D eigenvalue weighted by Gasteiger charge is 2.19. The number of methoxy groups -OCH3 is 2. The monoisotopic (exact) mass is 411 g/mol. The number of aromatic hydroxyl groups is 1. The van der Waals surface area contributed by atoms with Crippen LogP contribution in [-0.2, 0) is 16.1 Å². The van der Waals surface area contributed by atoms with E-state index in [0.29, 0.717) is 38.7 Å². The van der Waals surface area contributed by atoms with Crippen LogP contribution in [0.25, 0.3) is 10.9 Å². The van der Waals surface area contributed by atoms with E-state index in [9.17, 15) is 5.11 Å². The van der Waals surface area contributed by atoms with Gasteiger partial charge in [0.15, 0.2) is 5.69 Å². The van der Waals surface area contributed by atoms with Gasteiger partial charge in [-0.2, -0.15) is 0 Å². The first-order valence-corrected chi connectivity index (χ1v) is 9.95. The highest BCUT2D eigenvalue weighted by Crippen LogP contribution is 2.40. The molecule has 1 aromatic heterocycles. The number of nitrogens with zero attached hydrogens (tertiary/aromatic N) is 4. The second-order valence-electron chi connectivity index (χ2n) is 5.77. The number of hydrogen-bond acceptors (Lipinski definition) is 7.